The molecule has 4 nitrogen and oxygen atoms in total. The third-order valence-corrected chi connectivity index (χ3v) is 2.67. The Labute approximate surface area is 111 Å². The molecule has 0 aliphatic rings. The van der Waals surface area contributed by atoms with Crippen LogP contribution in [0, 0.1) is 34.4 Å². The van der Waals surface area contributed by atoms with Crippen LogP contribution >= 0.6 is 0 Å². The third-order valence-electron chi connectivity index (χ3n) is 2.67. The molecular weight excluding hydrogens is 247 g/mol. The van der Waals surface area contributed by atoms with Crippen molar-refractivity contribution in [1.29, 1.82) is 10.5 Å². The number of nitrogens with zero attached hydrogens (tertiary/aromatic N) is 2. The molecule has 0 radical (unpaired) electrons. The topological polar surface area (TPSA) is 73.9 Å². The van der Waals surface area contributed by atoms with Crippen molar-refractivity contribution in [1.82, 2.24) is 0 Å². The van der Waals surface area contributed by atoms with Crippen LogP contribution in [0.15, 0.2) is 24.3 Å². The zero-order chi connectivity index (χ0) is 14.3. The molecule has 0 aliphatic carbocycles. The van der Waals surface area contributed by atoms with Crippen LogP contribution in [0.4, 0.5) is 4.39 Å². The van der Waals surface area contributed by atoms with E-state index in [1.165, 1.54) is 24.3 Å². The Kier molecular flexibility index (Phi) is 5.50. The fourth-order valence-corrected chi connectivity index (χ4v) is 1.75. The van der Waals surface area contributed by atoms with Crippen LogP contribution in [0.3, 0.4) is 0 Å². The zero-order valence-electron chi connectivity index (χ0n) is 10.5. The van der Waals surface area contributed by atoms with Crippen LogP contribution in [0.5, 0.6) is 0 Å². The number of nitriles is 2. The fourth-order valence-electron chi connectivity index (χ4n) is 1.75. The average Bonchev–Trinajstić information content (AvgIpc) is 2.40. The molecule has 0 bridgehead atoms. The highest BCUT2D eigenvalue weighted by atomic mass is 19.1. The van der Waals surface area contributed by atoms with E-state index in [-0.39, 0.29) is 13.0 Å². The monoisotopic (exact) mass is 260 g/mol. The number of halogens is 1. The smallest absolute Gasteiger partial charge is 0.306 e. The summed E-state index contributed by atoms with van der Waals surface area (Å²) in [6, 6.07) is 9.12. The summed E-state index contributed by atoms with van der Waals surface area (Å²) < 4.78 is 17.7. The van der Waals surface area contributed by atoms with Crippen LogP contribution in [0.2, 0.25) is 0 Å². The number of carbonyl (C=O) groups is 1. The van der Waals surface area contributed by atoms with Gasteiger partial charge in [0.15, 0.2) is 0 Å². The van der Waals surface area contributed by atoms with E-state index in [1.54, 1.807) is 6.92 Å². The van der Waals surface area contributed by atoms with Gasteiger partial charge in [0, 0.05) is 5.92 Å². The van der Waals surface area contributed by atoms with E-state index in [9.17, 15) is 9.18 Å². The molecule has 19 heavy (non-hydrogen) atoms. The van der Waals surface area contributed by atoms with Crippen LogP contribution in [0.25, 0.3) is 0 Å². The first-order valence-corrected chi connectivity index (χ1v) is 5.82. The molecule has 1 atom stereocenters. The molecule has 98 valence electrons. The maximum absolute atomic E-state index is 12.9. The molecule has 5 heteroatoms. The SMILES string of the molecule is CCOC(=O)CC(c1ccc(F)cc1)C(C#N)C#N. The Balaban J connectivity index is 2.99. The molecule has 0 spiro atoms. The molecule has 0 N–H and O–H groups in total. The van der Waals surface area contributed by atoms with Gasteiger partial charge in [-0.25, -0.2) is 4.39 Å². The van der Waals surface area contributed by atoms with Gasteiger partial charge in [0.05, 0.1) is 25.2 Å². The summed E-state index contributed by atoms with van der Waals surface area (Å²) in [5.74, 6) is -2.49. The van der Waals surface area contributed by atoms with Crippen molar-refractivity contribution in [3.05, 3.63) is 35.6 Å². The minimum absolute atomic E-state index is 0.0781. The minimum Gasteiger partial charge on any atom is -0.466 e. The van der Waals surface area contributed by atoms with E-state index in [1.807, 2.05) is 12.1 Å². The Morgan fingerprint density at radius 2 is 1.89 bits per heavy atom. The number of carbonyl (C=O) groups excluding carboxylic acids is 1. The number of rotatable bonds is 5. The van der Waals surface area contributed by atoms with Crippen LogP contribution in [0.1, 0.15) is 24.8 Å². The first-order chi connectivity index (χ1) is 9.12. The molecule has 0 fully saturated rings. The summed E-state index contributed by atoms with van der Waals surface area (Å²) in [5, 5.41) is 17.9. The number of hydrogen-bond acceptors (Lipinski definition) is 4. The molecule has 0 saturated carbocycles. The van der Waals surface area contributed by atoms with E-state index in [0.717, 1.165) is 0 Å². The van der Waals surface area contributed by atoms with Gasteiger partial charge in [-0.2, -0.15) is 10.5 Å². The van der Waals surface area contributed by atoms with Crippen molar-refractivity contribution in [2.24, 2.45) is 5.92 Å². The molecular formula is C14H13FN2O2. The Hall–Kier alpha value is -2.40. The molecule has 0 amide bonds. The van der Waals surface area contributed by atoms with Crippen molar-refractivity contribution in [3.63, 3.8) is 0 Å². The maximum atomic E-state index is 12.9. The summed E-state index contributed by atoms with van der Waals surface area (Å²) >= 11 is 0. The lowest BCUT2D eigenvalue weighted by atomic mass is 9.85. The number of hydrogen-bond donors (Lipinski definition) is 0. The van der Waals surface area contributed by atoms with Crippen molar-refractivity contribution in [3.8, 4) is 12.1 Å². The van der Waals surface area contributed by atoms with E-state index in [2.05, 4.69) is 0 Å². The molecule has 0 aliphatic heterocycles. The first kappa shape index (κ1) is 14.7. The average molecular weight is 260 g/mol. The highest BCUT2D eigenvalue weighted by Gasteiger charge is 2.26. The van der Waals surface area contributed by atoms with Crippen molar-refractivity contribution < 1.29 is 13.9 Å². The molecule has 0 heterocycles. The number of ether oxygens (including phenoxy) is 1. The van der Waals surface area contributed by atoms with Crippen LogP contribution in [-0.2, 0) is 9.53 Å². The normalized spacial score (nSPS) is 11.4. The van der Waals surface area contributed by atoms with Gasteiger partial charge in [0.2, 0.25) is 0 Å². The van der Waals surface area contributed by atoms with Gasteiger partial charge in [-0.3, -0.25) is 4.79 Å². The Bertz CT molecular complexity index is 500. The number of esters is 1. The summed E-state index contributed by atoms with van der Waals surface area (Å²) in [6.07, 6.45) is -0.0781. The molecule has 1 rings (SSSR count). The maximum Gasteiger partial charge on any atom is 0.306 e. The Morgan fingerprint density at radius 1 is 1.32 bits per heavy atom. The molecule has 0 aromatic heterocycles. The molecule has 0 saturated heterocycles. The highest BCUT2D eigenvalue weighted by molar-refractivity contribution is 5.70. The van der Waals surface area contributed by atoms with Crippen LogP contribution in [-0.4, -0.2) is 12.6 Å². The van der Waals surface area contributed by atoms with Gasteiger partial charge in [0.25, 0.3) is 0 Å². The number of benzene rings is 1. The van der Waals surface area contributed by atoms with Gasteiger partial charge in [-0.05, 0) is 24.6 Å². The lowest BCUT2D eigenvalue weighted by molar-refractivity contribution is -0.143. The predicted molar refractivity (Wildman–Crippen MR) is 65.1 cm³/mol. The van der Waals surface area contributed by atoms with E-state index in [0.29, 0.717) is 5.56 Å². The standard InChI is InChI=1S/C14H13FN2O2/c1-2-19-14(18)7-13(11(8-16)9-17)10-3-5-12(15)6-4-10/h3-6,11,13H,2,7H2,1H3. The summed E-state index contributed by atoms with van der Waals surface area (Å²) in [7, 11) is 0. The molecule has 1 aromatic carbocycles. The van der Waals surface area contributed by atoms with Gasteiger partial charge < -0.3 is 4.74 Å². The minimum atomic E-state index is -0.977. The van der Waals surface area contributed by atoms with Crippen molar-refractivity contribution in [2.75, 3.05) is 6.61 Å². The highest BCUT2D eigenvalue weighted by Crippen LogP contribution is 2.28. The molecule has 1 aromatic rings. The second-order valence-corrected chi connectivity index (χ2v) is 3.90. The lowest BCUT2D eigenvalue weighted by Gasteiger charge is -2.16. The van der Waals surface area contributed by atoms with Gasteiger partial charge in [-0.15, -0.1) is 0 Å². The quantitative estimate of drug-likeness (QED) is 0.762. The zero-order valence-corrected chi connectivity index (χ0v) is 10.5. The van der Waals surface area contributed by atoms with E-state index < -0.39 is 23.6 Å². The Morgan fingerprint density at radius 3 is 2.37 bits per heavy atom. The van der Waals surface area contributed by atoms with E-state index in [4.69, 9.17) is 15.3 Å². The third kappa shape index (κ3) is 4.08. The largest absolute Gasteiger partial charge is 0.466 e. The second-order valence-electron chi connectivity index (χ2n) is 3.90. The van der Waals surface area contributed by atoms with Gasteiger partial charge >= 0.3 is 5.97 Å². The molecule has 1 unspecified atom stereocenters. The van der Waals surface area contributed by atoms with Crippen molar-refractivity contribution >= 4 is 5.97 Å². The fraction of sp³-hybridized carbons (Fsp3) is 0.357. The predicted octanol–water partition coefficient (Wildman–Crippen LogP) is 2.53. The lowest BCUT2D eigenvalue weighted by Crippen LogP contribution is -2.16. The van der Waals surface area contributed by atoms with Gasteiger partial charge in [-0.1, -0.05) is 12.1 Å². The van der Waals surface area contributed by atoms with Crippen LogP contribution < -0.4 is 0 Å². The van der Waals surface area contributed by atoms with E-state index >= 15 is 0 Å². The van der Waals surface area contributed by atoms with Crippen molar-refractivity contribution in [2.45, 2.75) is 19.3 Å². The second kappa shape index (κ2) is 7.13. The summed E-state index contributed by atoms with van der Waals surface area (Å²) in [6.45, 7) is 1.91. The summed E-state index contributed by atoms with van der Waals surface area (Å²) in [5.41, 5.74) is 0.572. The van der Waals surface area contributed by atoms with Gasteiger partial charge in [0.1, 0.15) is 11.7 Å². The summed E-state index contributed by atoms with van der Waals surface area (Å²) in [4.78, 5) is 11.5. The first-order valence-electron chi connectivity index (χ1n) is 5.82.